The van der Waals surface area contributed by atoms with E-state index in [9.17, 15) is 14.7 Å². The number of amides is 1. The van der Waals surface area contributed by atoms with Crippen LogP contribution in [0, 0.1) is 11.8 Å². The Bertz CT molecular complexity index is 615. The number of carboxylic acids is 1. The molecule has 2 aliphatic heterocycles. The van der Waals surface area contributed by atoms with Crippen molar-refractivity contribution < 1.29 is 19.4 Å². The van der Waals surface area contributed by atoms with Gasteiger partial charge in [-0.15, -0.1) is 0 Å². The second kappa shape index (κ2) is 5.50. The fraction of sp³-hybridized carbons (Fsp3) is 0.333. The molecule has 1 aromatic rings. The predicted molar refractivity (Wildman–Crippen MR) is 75.7 cm³/mol. The minimum atomic E-state index is -1.01. The molecular formula is C15H14ClNO4. The van der Waals surface area contributed by atoms with Crippen molar-refractivity contribution in [2.75, 3.05) is 0 Å². The number of carboxylic acid groups (broad SMARTS) is 1. The van der Waals surface area contributed by atoms with Crippen LogP contribution in [-0.2, 0) is 20.9 Å². The minimum absolute atomic E-state index is 0.266. The molecule has 1 fully saturated rings. The van der Waals surface area contributed by atoms with Gasteiger partial charge < -0.3 is 15.2 Å². The van der Waals surface area contributed by atoms with Gasteiger partial charge in [0, 0.05) is 11.6 Å². The third-order valence-corrected chi connectivity index (χ3v) is 4.27. The number of ether oxygens (including phenoxy) is 1. The Hall–Kier alpha value is -1.85. The first-order valence-electron chi connectivity index (χ1n) is 6.65. The highest BCUT2D eigenvalue weighted by Crippen LogP contribution is 2.39. The van der Waals surface area contributed by atoms with Crippen molar-refractivity contribution in [3.8, 4) is 0 Å². The molecule has 2 bridgehead atoms. The first-order chi connectivity index (χ1) is 10.1. The Morgan fingerprint density at radius 2 is 1.86 bits per heavy atom. The van der Waals surface area contributed by atoms with Gasteiger partial charge in [-0.1, -0.05) is 42.0 Å². The maximum absolute atomic E-state index is 12.3. The molecule has 21 heavy (non-hydrogen) atoms. The van der Waals surface area contributed by atoms with Crippen LogP contribution in [0.1, 0.15) is 5.56 Å². The molecule has 2 N–H and O–H groups in total. The Morgan fingerprint density at radius 3 is 2.52 bits per heavy atom. The van der Waals surface area contributed by atoms with Crippen molar-refractivity contribution in [3.63, 3.8) is 0 Å². The second-order valence-electron chi connectivity index (χ2n) is 5.15. The van der Waals surface area contributed by atoms with E-state index >= 15 is 0 Å². The molecular weight excluding hydrogens is 294 g/mol. The van der Waals surface area contributed by atoms with Crippen LogP contribution in [0.25, 0.3) is 0 Å². The van der Waals surface area contributed by atoms with Crippen molar-refractivity contribution >= 4 is 23.5 Å². The number of halogens is 1. The summed E-state index contributed by atoms with van der Waals surface area (Å²) in [6, 6.07) is 7.19. The lowest BCUT2D eigenvalue weighted by atomic mass is 9.82. The van der Waals surface area contributed by atoms with Gasteiger partial charge >= 0.3 is 5.97 Å². The summed E-state index contributed by atoms with van der Waals surface area (Å²) in [5.74, 6) is -2.85. The molecule has 3 rings (SSSR count). The summed E-state index contributed by atoms with van der Waals surface area (Å²) in [4.78, 5) is 23.6. The predicted octanol–water partition coefficient (Wildman–Crippen LogP) is 1.61. The normalized spacial score (nSPS) is 29.6. The van der Waals surface area contributed by atoms with Crippen LogP contribution in [0.2, 0.25) is 5.02 Å². The largest absolute Gasteiger partial charge is 0.481 e. The van der Waals surface area contributed by atoms with Crippen molar-refractivity contribution in [1.82, 2.24) is 5.32 Å². The number of rotatable bonds is 4. The lowest BCUT2D eigenvalue weighted by Gasteiger charge is -2.21. The first kappa shape index (κ1) is 14.1. The van der Waals surface area contributed by atoms with Gasteiger partial charge in [-0.2, -0.15) is 0 Å². The van der Waals surface area contributed by atoms with E-state index in [4.69, 9.17) is 16.3 Å². The molecule has 5 nitrogen and oxygen atoms in total. The van der Waals surface area contributed by atoms with Crippen LogP contribution in [0.15, 0.2) is 36.4 Å². The van der Waals surface area contributed by atoms with E-state index in [0.29, 0.717) is 5.02 Å². The standard InChI is InChI=1S/C15H14ClNO4/c16-9-4-2-1-3-8(9)7-17-14(18)12-10-5-6-11(21-10)13(12)15(19)20/h1-6,10-13H,7H2,(H,17,18)(H,19,20). The quantitative estimate of drug-likeness (QED) is 0.829. The summed E-state index contributed by atoms with van der Waals surface area (Å²) in [5, 5.41) is 12.6. The maximum Gasteiger partial charge on any atom is 0.310 e. The van der Waals surface area contributed by atoms with Crippen LogP contribution in [0.4, 0.5) is 0 Å². The zero-order valence-corrected chi connectivity index (χ0v) is 11.8. The van der Waals surface area contributed by atoms with Crippen molar-refractivity contribution in [3.05, 3.63) is 47.0 Å². The van der Waals surface area contributed by atoms with Gasteiger partial charge in [0.15, 0.2) is 0 Å². The molecule has 0 saturated carbocycles. The number of carbonyl (C=O) groups is 2. The molecule has 1 saturated heterocycles. The lowest BCUT2D eigenvalue weighted by molar-refractivity contribution is -0.146. The highest BCUT2D eigenvalue weighted by atomic mass is 35.5. The van der Waals surface area contributed by atoms with Crippen molar-refractivity contribution in [2.45, 2.75) is 18.8 Å². The molecule has 2 heterocycles. The monoisotopic (exact) mass is 307 g/mol. The van der Waals surface area contributed by atoms with E-state index in [1.54, 1.807) is 18.2 Å². The number of aliphatic carboxylic acids is 1. The van der Waals surface area contributed by atoms with Crippen LogP contribution < -0.4 is 5.32 Å². The molecule has 110 valence electrons. The zero-order valence-electron chi connectivity index (χ0n) is 11.0. The van der Waals surface area contributed by atoms with E-state index in [1.165, 1.54) is 0 Å². The Balaban J connectivity index is 1.69. The highest BCUT2D eigenvalue weighted by molar-refractivity contribution is 6.31. The molecule has 1 amide bonds. The molecule has 0 radical (unpaired) electrons. The number of hydrogen-bond donors (Lipinski definition) is 2. The third-order valence-electron chi connectivity index (χ3n) is 3.90. The molecule has 6 heteroatoms. The fourth-order valence-corrected chi connectivity index (χ4v) is 3.06. The van der Waals surface area contributed by atoms with E-state index in [2.05, 4.69) is 5.32 Å². The maximum atomic E-state index is 12.3. The average molecular weight is 308 g/mol. The second-order valence-corrected chi connectivity index (χ2v) is 5.56. The topological polar surface area (TPSA) is 75.6 Å². The summed E-state index contributed by atoms with van der Waals surface area (Å²) < 4.78 is 5.48. The Morgan fingerprint density at radius 1 is 1.19 bits per heavy atom. The summed E-state index contributed by atoms with van der Waals surface area (Å²) in [7, 11) is 0. The number of carbonyl (C=O) groups excluding carboxylic acids is 1. The third kappa shape index (κ3) is 2.54. The van der Waals surface area contributed by atoms with Crippen molar-refractivity contribution in [1.29, 1.82) is 0 Å². The van der Waals surface area contributed by atoms with Gasteiger partial charge in [0.25, 0.3) is 0 Å². The average Bonchev–Trinajstić information content (AvgIpc) is 3.06. The molecule has 4 atom stereocenters. The van der Waals surface area contributed by atoms with Crippen LogP contribution >= 0.6 is 11.6 Å². The molecule has 0 aromatic heterocycles. The molecule has 2 aliphatic rings. The van der Waals surface area contributed by atoms with Gasteiger partial charge in [0.2, 0.25) is 5.91 Å². The van der Waals surface area contributed by atoms with Gasteiger partial charge in [0.1, 0.15) is 5.92 Å². The summed E-state index contributed by atoms with van der Waals surface area (Å²) in [6.45, 7) is 0.266. The van der Waals surface area contributed by atoms with Crippen LogP contribution in [-0.4, -0.2) is 29.2 Å². The summed E-state index contributed by atoms with van der Waals surface area (Å²) >= 11 is 6.03. The SMILES string of the molecule is O=C(O)C1C2C=CC(O2)C1C(=O)NCc1ccccc1Cl. The van der Waals surface area contributed by atoms with Gasteiger partial charge in [-0.3, -0.25) is 9.59 Å². The van der Waals surface area contributed by atoms with Crippen LogP contribution in [0.5, 0.6) is 0 Å². The first-order valence-corrected chi connectivity index (χ1v) is 7.03. The number of nitrogens with one attached hydrogen (secondary N) is 1. The van der Waals surface area contributed by atoms with E-state index < -0.39 is 30.0 Å². The van der Waals surface area contributed by atoms with E-state index in [-0.39, 0.29) is 12.5 Å². The zero-order chi connectivity index (χ0) is 15.0. The molecule has 0 aliphatic carbocycles. The van der Waals surface area contributed by atoms with Gasteiger partial charge in [0.05, 0.1) is 18.1 Å². The summed E-state index contributed by atoms with van der Waals surface area (Å²) in [5.41, 5.74) is 0.791. The number of fused-ring (bicyclic) bond motifs is 2. The van der Waals surface area contributed by atoms with Gasteiger partial charge in [-0.05, 0) is 11.6 Å². The Labute approximate surface area is 126 Å². The molecule has 4 unspecified atom stereocenters. The lowest BCUT2D eigenvalue weighted by Crippen LogP contribution is -2.42. The number of hydrogen-bond acceptors (Lipinski definition) is 3. The smallest absolute Gasteiger partial charge is 0.310 e. The number of benzene rings is 1. The summed E-state index contributed by atoms with van der Waals surface area (Å²) in [6.07, 6.45) is 2.50. The Kier molecular flexibility index (Phi) is 3.69. The van der Waals surface area contributed by atoms with E-state index in [1.807, 2.05) is 18.2 Å². The van der Waals surface area contributed by atoms with Gasteiger partial charge in [-0.25, -0.2) is 0 Å². The fourth-order valence-electron chi connectivity index (χ4n) is 2.86. The van der Waals surface area contributed by atoms with Crippen molar-refractivity contribution in [2.24, 2.45) is 11.8 Å². The molecule has 0 spiro atoms. The molecule has 1 aromatic carbocycles. The van der Waals surface area contributed by atoms with Crippen LogP contribution in [0.3, 0.4) is 0 Å². The highest BCUT2D eigenvalue weighted by Gasteiger charge is 2.53. The minimum Gasteiger partial charge on any atom is -0.481 e. The van der Waals surface area contributed by atoms with E-state index in [0.717, 1.165) is 5.56 Å².